The molecule has 0 radical (unpaired) electrons. The molecule has 1 atom stereocenters. The Morgan fingerprint density at radius 3 is 2.75 bits per heavy atom. The van der Waals surface area contributed by atoms with Crippen molar-refractivity contribution in [3.8, 4) is 11.5 Å². The number of nitrogens with one attached hydrogen (secondary N) is 1. The van der Waals surface area contributed by atoms with Crippen molar-refractivity contribution < 1.29 is 23.5 Å². The number of rotatable bonds is 7. The molecule has 1 aromatic heterocycles. The standard InChI is InChI=1S/C29H32N2O5/c1-29(28(33)30-18-21-12-6-8-14-23(21)34-2)19-35-25-22-13-7-9-15-24(22)36-26(25)27(32)31(29)17-16-20-10-4-3-5-11-20/h6-10,12-15H,3-5,11,16-19H2,1-2H3,(H,30,33). The molecule has 7 nitrogen and oxygen atoms in total. The molecule has 0 saturated heterocycles. The van der Waals surface area contributed by atoms with Crippen LogP contribution in [0.15, 0.2) is 64.6 Å². The lowest BCUT2D eigenvalue weighted by Gasteiger charge is -2.38. The molecule has 5 rings (SSSR count). The van der Waals surface area contributed by atoms with Gasteiger partial charge in [0.25, 0.3) is 5.91 Å². The summed E-state index contributed by atoms with van der Waals surface area (Å²) < 4.78 is 17.6. The Kier molecular flexibility index (Phi) is 6.72. The van der Waals surface area contributed by atoms with E-state index in [9.17, 15) is 9.59 Å². The zero-order valence-corrected chi connectivity index (χ0v) is 20.8. The summed E-state index contributed by atoms with van der Waals surface area (Å²) in [4.78, 5) is 29.3. The molecule has 7 heteroatoms. The number of ether oxygens (including phenoxy) is 2. The number of hydrogen-bond acceptors (Lipinski definition) is 5. The van der Waals surface area contributed by atoms with Crippen LogP contribution in [0.1, 0.15) is 55.1 Å². The second-order valence-corrected chi connectivity index (χ2v) is 9.63. The lowest BCUT2D eigenvalue weighted by molar-refractivity contribution is -0.133. The fourth-order valence-corrected chi connectivity index (χ4v) is 5.08. The van der Waals surface area contributed by atoms with E-state index in [1.54, 1.807) is 18.9 Å². The summed E-state index contributed by atoms with van der Waals surface area (Å²) >= 11 is 0. The molecular weight excluding hydrogens is 456 g/mol. The molecule has 2 aromatic carbocycles. The molecular formula is C29H32N2O5. The van der Waals surface area contributed by atoms with E-state index in [2.05, 4.69) is 11.4 Å². The number of nitrogens with zero attached hydrogens (tertiary/aromatic N) is 1. The van der Waals surface area contributed by atoms with Crippen molar-refractivity contribution in [1.82, 2.24) is 10.2 Å². The number of fused-ring (bicyclic) bond motifs is 3. The molecule has 3 aromatic rings. The largest absolute Gasteiger partial charge is 0.496 e. The number of benzene rings is 2. The third-order valence-electron chi connectivity index (χ3n) is 7.25. The Balaban J connectivity index is 1.45. The van der Waals surface area contributed by atoms with Crippen molar-refractivity contribution in [3.05, 3.63) is 71.5 Å². The first-order valence-electron chi connectivity index (χ1n) is 12.6. The van der Waals surface area contributed by atoms with Gasteiger partial charge in [-0.1, -0.05) is 42.0 Å². The third kappa shape index (κ3) is 4.45. The normalized spacial score (nSPS) is 19.8. The van der Waals surface area contributed by atoms with E-state index in [1.807, 2.05) is 48.5 Å². The maximum atomic E-state index is 13.9. The van der Waals surface area contributed by atoms with Crippen molar-refractivity contribution >= 4 is 22.8 Å². The van der Waals surface area contributed by atoms with Gasteiger partial charge in [0.15, 0.2) is 11.3 Å². The summed E-state index contributed by atoms with van der Waals surface area (Å²) in [5.41, 5.74) is 1.56. The number of carbonyl (C=O) groups excluding carboxylic acids is 2. The number of para-hydroxylation sites is 2. The van der Waals surface area contributed by atoms with Crippen LogP contribution in [0.25, 0.3) is 11.0 Å². The maximum Gasteiger partial charge on any atom is 0.294 e. The molecule has 1 N–H and O–H groups in total. The quantitative estimate of drug-likeness (QED) is 0.460. The van der Waals surface area contributed by atoms with Crippen LogP contribution in [-0.4, -0.2) is 42.5 Å². The molecule has 1 unspecified atom stereocenters. The van der Waals surface area contributed by atoms with Crippen LogP contribution in [0, 0.1) is 0 Å². The average molecular weight is 489 g/mol. The number of amides is 2. The molecule has 188 valence electrons. The van der Waals surface area contributed by atoms with Crippen LogP contribution in [0.4, 0.5) is 0 Å². The number of furan rings is 1. The Hall–Kier alpha value is -3.74. The minimum absolute atomic E-state index is 0.0199. The molecule has 1 aliphatic heterocycles. The Labute approximate surface area is 211 Å². The average Bonchev–Trinajstić information content (AvgIpc) is 3.25. The zero-order chi connectivity index (χ0) is 25.1. The topological polar surface area (TPSA) is 81.0 Å². The van der Waals surface area contributed by atoms with Crippen LogP contribution in [0.5, 0.6) is 11.5 Å². The molecule has 1 aliphatic carbocycles. The summed E-state index contributed by atoms with van der Waals surface area (Å²) in [7, 11) is 1.60. The van der Waals surface area contributed by atoms with Crippen molar-refractivity contribution in [1.29, 1.82) is 0 Å². The Bertz CT molecular complexity index is 1310. The van der Waals surface area contributed by atoms with Gasteiger partial charge in [0.05, 0.1) is 12.5 Å². The smallest absolute Gasteiger partial charge is 0.294 e. The number of hydrogen-bond donors (Lipinski definition) is 1. The van der Waals surface area contributed by atoms with E-state index >= 15 is 0 Å². The van der Waals surface area contributed by atoms with Crippen molar-refractivity contribution in [2.45, 2.75) is 51.1 Å². The summed E-state index contributed by atoms with van der Waals surface area (Å²) in [6.45, 7) is 2.47. The SMILES string of the molecule is COc1ccccc1CNC(=O)C1(C)COc2c(oc3ccccc23)C(=O)N1CCC1=CCCCC1. The molecule has 2 heterocycles. The highest BCUT2D eigenvalue weighted by Crippen LogP contribution is 2.38. The van der Waals surface area contributed by atoms with Gasteiger partial charge in [-0.15, -0.1) is 0 Å². The lowest BCUT2D eigenvalue weighted by Crippen LogP contribution is -2.61. The molecule has 0 spiro atoms. The van der Waals surface area contributed by atoms with Crippen LogP contribution < -0.4 is 14.8 Å². The highest BCUT2D eigenvalue weighted by Gasteiger charge is 2.47. The molecule has 0 bridgehead atoms. The fraction of sp³-hybridized carbons (Fsp3) is 0.379. The van der Waals surface area contributed by atoms with Gasteiger partial charge in [0.2, 0.25) is 11.7 Å². The predicted molar refractivity (Wildman–Crippen MR) is 137 cm³/mol. The second-order valence-electron chi connectivity index (χ2n) is 9.63. The minimum atomic E-state index is -1.23. The maximum absolute atomic E-state index is 13.9. The van der Waals surface area contributed by atoms with E-state index in [0.717, 1.165) is 36.6 Å². The molecule has 0 saturated carbocycles. The second kappa shape index (κ2) is 10.1. The summed E-state index contributed by atoms with van der Waals surface area (Å²) in [5, 5.41) is 3.75. The van der Waals surface area contributed by atoms with E-state index in [1.165, 1.54) is 12.0 Å². The highest BCUT2D eigenvalue weighted by molar-refractivity contribution is 6.04. The first-order valence-corrected chi connectivity index (χ1v) is 12.6. The third-order valence-corrected chi connectivity index (χ3v) is 7.25. The van der Waals surface area contributed by atoms with Crippen molar-refractivity contribution in [2.75, 3.05) is 20.3 Å². The minimum Gasteiger partial charge on any atom is -0.496 e. The summed E-state index contributed by atoms with van der Waals surface area (Å²) in [5.74, 6) is 0.635. The van der Waals surface area contributed by atoms with E-state index in [-0.39, 0.29) is 30.7 Å². The highest BCUT2D eigenvalue weighted by atomic mass is 16.5. The number of carbonyl (C=O) groups is 2. The molecule has 2 aliphatic rings. The van der Waals surface area contributed by atoms with Gasteiger partial charge in [-0.25, -0.2) is 0 Å². The van der Waals surface area contributed by atoms with E-state index in [0.29, 0.717) is 23.6 Å². The first kappa shape index (κ1) is 24.0. The van der Waals surface area contributed by atoms with Gasteiger partial charge in [0.1, 0.15) is 17.9 Å². The Morgan fingerprint density at radius 2 is 1.94 bits per heavy atom. The fourth-order valence-electron chi connectivity index (χ4n) is 5.08. The van der Waals surface area contributed by atoms with Gasteiger partial charge >= 0.3 is 0 Å². The lowest BCUT2D eigenvalue weighted by atomic mass is 9.94. The van der Waals surface area contributed by atoms with Gasteiger partial charge in [-0.05, 0) is 57.2 Å². The van der Waals surface area contributed by atoms with Gasteiger partial charge in [-0.2, -0.15) is 0 Å². The van der Waals surface area contributed by atoms with Crippen molar-refractivity contribution in [3.63, 3.8) is 0 Å². The molecule has 36 heavy (non-hydrogen) atoms. The Morgan fingerprint density at radius 1 is 1.14 bits per heavy atom. The van der Waals surface area contributed by atoms with Crippen LogP contribution >= 0.6 is 0 Å². The van der Waals surface area contributed by atoms with Crippen LogP contribution in [0.2, 0.25) is 0 Å². The number of methoxy groups -OCH3 is 1. The molecule has 2 amide bonds. The summed E-state index contributed by atoms with van der Waals surface area (Å²) in [6, 6.07) is 15.0. The van der Waals surface area contributed by atoms with Gasteiger partial charge < -0.3 is 24.1 Å². The van der Waals surface area contributed by atoms with Crippen molar-refractivity contribution in [2.24, 2.45) is 0 Å². The zero-order valence-electron chi connectivity index (χ0n) is 20.8. The van der Waals surface area contributed by atoms with E-state index in [4.69, 9.17) is 13.9 Å². The first-order chi connectivity index (χ1) is 17.5. The van der Waals surface area contributed by atoms with Crippen LogP contribution in [-0.2, 0) is 11.3 Å². The van der Waals surface area contributed by atoms with Gasteiger partial charge in [0, 0.05) is 18.7 Å². The van der Waals surface area contributed by atoms with E-state index < -0.39 is 5.54 Å². The monoisotopic (exact) mass is 488 g/mol. The molecule has 0 fully saturated rings. The summed E-state index contributed by atoms with van der Waals surface area (Å²) in [6.07, 6.45) is 7.45. The van der Waals surface area contributed by atoms with Gasteiger partial charge in [-0.3, -0.25) is 9.59 Å². The number of allylic oxidation sites excluding steroid dienone is 1. The van der Waals surface area contributed by atoms with Crippen LogP contribution in [0.3, 0.4) is 0 Å². The predicted octanol–water partition coefficient (Wildman–Crippen LogP) is 5.24.